The van der Waals surface area contributed by atoms with E-state index in [1.165, 1.54) is 7.11 Å². The Kier molecular flexibility index (Phi) is 8.09. The molecule has 3 fully saturated rings. The Bertz CT molecular complexity index is 1010. The number of amides is 1. The lowest BCUT2D eigenvalue weighted by Gasteiger charge is -2.40. The molecule has 1 amide bonds. The van der Waals surface area contributed by atoms with Gasteiger partial charge in [-0.25, -0.2) is 13.2 Å². The second-order valence-electron chi connectivity index (χ2n) is 14.7. The van der Waals surface area contributed by atoms with E-state index in [2.05, 4.69) is 13.8 Å². The van der Waals surface area contributed by atoms with Crippen molar-refractivity contribution in [1.29, 1.82) is 0 Å². The van der Waals surface area contributed by atoms with E-state index in [1.54, 1.807) is 25.7 Å². The predicted molar refractivity (Wildman–Crippen MR) is 145 cm³/mol. The number of fused-ring (bicyclic) bond motifs is 1. The molecule has 212 valence electrons. The molecule has 0 aromatic rings. The summed E-state index contributed by atoms with van der Waals surface area (Å²) in [5, 5.41) is 0. The number of carbonyl (C=O) groups excluding carboxylic acids is 3. The molecule has 0 radical (unpaired) electrons. The Morgan fingerprint density at radius 1 is 1.00 bits per heavy atom. The van der Waals surface area contributed by atoms with E-state index in [0.717, 1.165) is 32.1 Å². The number of ketones is 1. The van der Waals surface area contributed by atoms with Gasteiger partial charge in [0, 0.05) is 31.2 Å². The molecule has 7 nitrogen and oxygen atoms in total. The number of carbonyl (C=O) groups is 3. The number of Topliss-reactive ketones (excluding diaryl/α,β-unsaturated/α-hetero) is 1. The van der Waals surface area contributed by atoms with Crippen LogP contribution in [0.15, 0.2) is 0 Å². The van der Waals surface area contributed by atoms with Crippen molar-refractivity contribution < 1.29 is 27.5 Å². The first-order valence-corrected chi connectivity index (χ1v) is 15.5. The van der Waals surface area contributed by atoms with Crippen molar-refractivity contribution in [2.75, 3.05) is 19.4 Å². The zero-order valence-corrected chi connectivity index (χ0v) is 25.3. The lowest BCUT2D eigenvalue weighted by atomic mass is 9.70. The molecule has 0 N–H and O–H groups in total. The SMILES string of the molecule is COC(=O)[C@@H]1[C@@H]2[C@H](CN1C(=O)[C@@H](CC(=O)CC1(CS(=O)(=O)C(C)(C)C)CCCCC1)C(C)(C)C)C2(C)C. The highest BCUT2D eigenvalue weighted by molar-refractivity contribution is 7.92. The maximum atomic E-state index is 13.9. The standard InChI is InChI=1S/C29H49NO6S/c1-26(2,3)20(24(32)30-17-21-22(28(21,7)8)23(30)25(33)36-9)15-19(31)16-29(13-11-10-12-14-29)18-37(34,35)27(4,5)6/h20-23H,10-18H2,1-9H3/t20-,21+,22+,23+/m1/s1. The second kappa shape index (κ2) is 9.95. The van der Waals surface area contributed by atoms with Gasteiger partial charge in [-0.2, -0.15) is 0 Å². The number of hydrogen-bond donors (Lipinski definition) is 0. The molecule has 3 aliphatic rings. The third kappa shape index (κ3) is 5.94. The Morgan fingerprint density at radius 3 is 2.05 bits per heavy atom. The highest BCUT2D eigenvalue weighted by Gasteiger charge is 2.70. The number of hydrogen-bond acceptors (Lipinski definition) is 6. The van der Waals surface area contributed by atoms with Crippen LogP contribution in [0.3, 0.4) is 0 Å². The fourth-order valence-corrected chi connectivity index (χ4v) is 8.51. The Hall–Kier alpha value is -1.44. The molecule has 0 aromatic carbocycles. The summed E-state index contributed by atoms with van der Waals surface area (Å²) in [6.07, 6.45) is 4.57. The lowest BCUT2D eigenvalue weighted by Crippen LogP contribution is -2.50. The van der Waals surface area contributed by atoms with Crippen LogP contribution in [0, 0.1) is 34.0 Å². The summed E-state index contributed by atoms with van der Waals surface area (Å²) in [5.74, 6) is -0.860. The van der Waals surface area contributed by atoms with Gasteiger partial charge in [-0.1, -0.05) is 53.9 Å². The predicted octanol–water partition coefficient (Wildman–Crippen LogP) is 4.82. The minimum Gasteiger partial charge on any atom is -0.467 e. The van der Waals surface area contributed by atoms with Crippen LogP contribution in [0.2, 0.25) is 0 Å². The molecule has 37 heavy (non-hydrogen) atoms. The van der Waals surface area contributed by atoms with Gasteiger partial charge in [0.05, 0.1) is 17.6 Å². The smallest absolute Gasteiger partial charge is 0.328 e. The van der Waals surface area contributed by atoms with E-state index in [1.807, 2.05) is 20.8 Å². The number of esters is 1. The molecule has 0 aromatic heterocycles. The molecular weight excluding hydrogens is 490 g/mol. The zero-order valence-electron chi connectivity index (χ0n) is 24.5. The molecule has 3 rings (SSSR count). The fourth-order valence-electron chi connectivity index (χ4n) is 6.88. The molecular formula is C29H49NO6S. The first-order chi connectivity index (χ1) is 16.8. The zero-order chi connectivity index (χ0) is 28.2. The van der Waals surface area contributed by atoms with Gasteiger partial charge in [0.2, 0.25) is 5.91 Å². The van der Waals surface area contributed by atoms with Crippen molar-refractivity contribution in [3.8, 4) is 0 Å². The number of ether oxygens (including phenoxy) is 1. The molecule has 2 saturated carbocycles. The van der Waals surface area contributed by atoms with Gasteiger partial charge in [-0.3, -0.25) is 9.59 Å². The minimum absolute atomic E-state index is 0.00536. The monoisotopic (exact) mass is 539 g/mol. The molecule has 1 heterocycles. The van der Waals surface area contributed by atoms with Crippen LogP contribution < -0.4 is 0 Å². The molecule has 1 saturated heterocycles. The van der Waals surface area contributed by atoms with Gasteiger partial charge >= 0.3 is 5.97 Å². The van der Waals surface area contributed by atoms with Crippen molar-refractivity contribution in [3.05, 3.63) is 0 Å². The van der Waals surface area contributed by atoms with Gasteiger partial charge < -0.3 is 9.64 Å². The van der Waals surface area contributed by atoms with Gasteiger partial charge in [0.25, 0.3) is 0 Å². The first-order valence-electron chi connectivity index (χ1n) is 13.9. The average molecular weight is 540 g/mol. The molecule has 0 spiro atoms. The van der Waals surface area contributed by atoms with E-state index < -0.39 is 37.4 Å². The summed E-state index contributed by atoms with van der Waals surface area (Å²) in [4.78, 5) is 41.9. The quantitative estimate of drug-likeness (QED) is 0.410. The summed E-state index contributed by atoms with van der Waals surface area (Å²) < 4.78 is 30.5. The summed E-state index contributed by atoms with van der Waals surface area (Å²) in [7, 11) is -2.04. The third-order valence-corrected chi connectivity index (χ3v) is 12.5. The summed E-state index contributed by atoms with van der Waals surface area (Å²) in [6, 6.07) is -0.612. The molecule has 0 unspecified atom stereocenters. The average Bonchev–Trinajstić information content (AvgIpc) is 3.08. The molecule has 1 aliphatic heterocycles. The first kappa shape index (κ1) is 30.1. The van der Waals surface area contributed by atoms with Crippen LogP contribution in [0.25, 0.3) is 0 Å². The number of piperidine rings is 1. The van der Waals surface area contributed by atoms with E-state index in [9.17, 15) is 22.8 Å². The van der Waals surface area contributed by atoms with Crippen LogP contribution in [0.1, 0.15) is 100 Å². The van der Waals surface area contributed by atoms with Gasteiger partial charge in [0.15, 0.2) is 9.84 Å². The third-order valence-electron chi connectivity index (χ3n) is 9.63. The van der Waals surface area contributed by atoms with Gasteiger partial charge in [-0.15, -0.1) is 0 Å². The van der Waals surface area contributed by atoms with Crippen molar-refractivity contribution >= 4 is 27.5 Å². The van der Waals surface area contributed by atoms with Crippen LogP contribution in [-0.2, 0) is 29.0 Å². The number of likely N-dealkylation sites (tertiary alicyclic amines) is 1. The highest BCUT2D eigenvalue weighted by atomic mass is 32.2. The van der Waals surface area contributed by atoms with Crippen molar-refractivity contribution in [2.24, 2.45) is 34.0 Å². The van der Waals surface area contributed by atoms with Crippen molar-refractivity contribution in [1.82, 2.24) is 4.90 Å². The summed E-state index contributed by atoms with van der Waals surface area (Å²) >= 11 is 0. The van der Waals surface area contributed by atoms with E-state index in [-0.39, 0.29) is 53.5 Å². The Labute approximate surface area is 224 Å². The number of rotatable bonds is 8. The van der Waals surface area contributed by atoms with Crippen LogP contribution in [0.4, 0.5) is 0 Å². The number of methoxy groups -OCH3 is 1. The highest BCUT2D eigenvalue weighted by Crippen LogP contribution is 2.65. The lowest BCUT2D eigenvalue weighted by molar-refractivity contribution is -0.156. The Balaban J connectivity index is 1.81. The normalized spacial score (nSPS) is 27.8. The van der Waals surface area contributed by atoms with E-state index >= 15 is 0 Å². The maximum Gasteiger partial charge on any atom is 0.328 e. The Morgan fingerprint density at radius 2 is 1.57 bits per heavy atom. The minimum atomic E-state index is -3.40. The largest absolute Gasteiger partial charge is 0.467 e. The van der Waals surface area contributed by atoms with Crippen LogP contribution in [0.5, 0.6) is 0 Å². The fraction of sp³-hybridized carbons (Fsp3) is 0.897. The number of sulfone groups is 1. The van der Waals surface area contributed by atoms with Crippen LogP contribution >= 0.6 is 0 Å². The van der Waals surface area contributed by atoms with Crippen LogP contribution in [-0.4, -0.2) is 61.2 Å². The summed E-state index contributed by atoms with van der Waals surface area (Å²) in [6.45, 7) is 15.8. The second-order valence-corrected chi connectivity index (χ2v) is 17.4. The maximum absolute atomic E-state index is 13.9. The van der Waals surface area contributed by atoms with Crippen molar-refractivity contribution in [2.45, 2.75) is 111 Å². The summed E-state index contributed by atoms with van der Waals surface area (Å²) in [5.41, 5.74) is -1.07. The van der Waals surface area contributed by atoms with Gasteiger partial charge in [-0.05, 0) is 55.8 Å². The molecule has 0 bridgehead atoms. The van der Waals surface area contributed by atoms with E-state index in [0.29, 0.717) is 6.54 Å². The van der Waals surface area contributed by atoms with Crippen molar-refractivity contribution in [3.63, 3.8) is 0 Å². The molecule has 2 aliphatic carbocycles. The molecule has 4 atom stereocenters. The van der Waals surface area contributed by atoms with Gasteiger partial charge in [0.1, 0.15) is 11.8 Å². The number of nitrogens with zero attached hydrogens (tertiary/aromatic N) is 1. The topological polar surface area (TPSA) is 97.8 Å². The van der Waals surface area contributed by atoms with E-state index in [4.69, 9.17) is 4.74 Å². The molecule has 8 heteroatoms.